The summed E-state index contributed by atoms with van der Waals surface area (Å²) in [6.45, 7) is 3.45. The molecule has 1 heterocycles. The number of urea groups is 1. The summed E-state index contributed by atoms with van der Waals surface area (Å²) >= 11 is 0. The van der Waals surface area contributed by atoms with Crippen molar-refractivity contribution in [3.63, 3.8) is 0 Å². The highest BCUT2D eigenvalue weighted by Gasteiger charge is 2.51. The smallest absolute Gasteiger partial charge is 0.326 e. The summed E-state index contributed by atoms with van der Waals surface area (Å²) in [5, 5.41) is 11.5. The lowest BCUT2D eigenvalue weighted by Gasteiger charge is -2.26. The highest BCUT2D eigenvalue weighted by atomic mass is 16.5. The number of amides is 3. The fourth-order valence-electron chi connectivity index (χ4n) is 2.62. The second kappa shape index (κ2) is 5.44. The minimum atomic E-state index is -1.11. The predicted molar refractivity (Wildman–Crippen MR) is 75.6 cm³/mol. The summed E-state index contributed by atoms with van der Waals surface area (Å²) in [7, 11) is 1.58. The monoisotopic (exact) mass is 287 g/mol. The Hall–Kier alpha value is -2.55. The summed E-state index contributed by atoms with van der Waals surface area (Å²) in [6.07, 6.45) is 0.408. The number of rotatable bonds is 4. The Morgan fingerprint density at radius 1 is 1.43 bits per heavy atom. The number of hydrogen-bond donors (Lipinski definition) is 1. The van der Waals surface area contributed by atoms with Gasteiger partial charge in [0.05, 0.1) is 13.2 Å². The maximum atomic E-state index is 12.6. The fourth-order valence-corrected chi connectivity index (χ4v) is 2.62. The molecule has 0 bridgehead atoms. The van der Waals surface area contributed by atoms with E-state index in [9.17, 15) is 9.59 Å². The Kier molecular flexibility index (Phi) is 3.85. The Bertz CT molecular complexity index is 636. The lowest BCUT2D eigenvalue weighted by Crippen LogP contribution is -2.43. The zero-order valence-electron chi connectivity index (χ0n) is 12.3. The van der Waals surface area contributed by atoms with Crippen LogP contribution >= 0.6 is 0 Å². The van der Waals surface area contributed by atoms with Crippen molar-refractivity contribution in [1.82, 2.24) is 10.2 Å². The molecule has 0 saturated carbocycles. The zero-order valence-corrected chi connectivity index (χ0v) is 12.3. The molecule has 21 heavy (non-hydrogen) atoms. The standard InChI is InChI=1S/C15H17N3O3/c1-4-15(11-5-6-12(21-3)10(2)9-11)13(19)18(8-7-16)14(20)17-15/h5-6,9H,4,8H2,1-3H3,(H,17,20). The molecule has 6 nitrogen and oxygen atoms in total. The van der Waals surface area contributed by atoms with Crippen molar-refractivity contribution in [1.29, 1.82) is 5.26 Å². The number of nitriles is 1. The fraction of sp³-hybridized carbons (Fsp3) is 0.400. The summed E-state index contributed by atoms with van der Waals surface area (Å²) in [4.78, 5) is 25.5. The van der Waals surface area contributed by atoms with Crippen molar-refractivity contribution in [2.75, 3.05) is 13.7 Å². The summed E-state index contributed by atoms with van der Waals surface area (Å²) < 4.78 is 5.21. The van der Waals surface area contributed by atoms with E-state index in [4.69, 9.17) is 10.00 Å². The molecule has 1 saturated heterocycles. The van der Waals surface area contributed by atoms with E-state index in [-0.39, 0.29) is 12.5 Å². The largest absolute Gasteiger partial charge is 0.496 e. The Morgan fingerprint density at radius 3 is 2.67 bits per heavy atom. The van der Waals surface area contributed by atoms with Crippen molar-refractivity contribution in [2.24, 2.45) is 0 Å². The molecule has 1 N–H and O–H groups in total. The summed E-state index contributed by atoms with van der Waals surface area (Å²) in [6, 6.07) is 6.68. The SMILES string of the molecule is CCC1(c2ccc(OC)c(C)c2)NC(=O)N(CC#N)C1=O. The van der Waals surface area contributed by atoms with Gasteiger partial charge in [-0.1, -0.05) is 13.0 Å². The third-order valence-corrected chi connectivity index (χ3v) is 3.82. The van der Waals surface area contributed by atoms with Gasteiger partial charge in [0.15, 0.2) is 0 Å². The maximum Gasteiger partial charge on any atom is 0.326 e. The highest BCUT2D eigenvalue weighted by molar-refractivity contribution is 6.07. The van der Waals surface area contributed by atoms with Gasteiger partial charge < -0.3 is 10.1 Å². The third-order valence-electron chi connectivity index (χ3n) is 3.82. The van der Waals surface area contributed by atoms with Crippen LogP contribution in [-0.2, 0) is 10.3 Å². The molecule has 1 aliphatic heterocycles. The molecule has 1 unspecified atom stereocenters. The predicted octanol–water partition coefficient (Wildman–Crippen LogP) is 1.68. The number of carbonyl (C=O) groups is 2. The second-order valence-corrected chi connectivity index (χ2v) is 4.92. The average molecular weight is 287 g/mol. The highest BCUT2D eigenvalue weighted by Crippen LogP contribution is 2.34. The van der Waals surface area contributed by atoms with Crippen molar-refractivity contribution in [3.8, 4) is 11.8 Å². The molecule has 0 aromatic heterocycles. The van der Waals surface area contributed by atoms with E-state index >= 15 is 0 Å². The van der Waals surface area contributed by atoms with Gasteiger partial charge in [-0.05, 0) is 36.6 Å². The number of nitrogens with one attached hydrogen (secondary N) is 1. The van der Waals surface area contributed by atoms with Gasteiger partial charge >= 0.3 is 6.03 Å². The van der Waals surface area contributed by atoms with Crippen LogP contribution in [-0.4, -0.2) is 30.5 Å². The summed E-state index contributed by atoms with van der Waals surface area (Å²) in [5.74, 6) is 0.330. The number of hydrogen-bond acceptors (Lipinski definition) is 4. The third kappa shape index (κ3) is 2.21. The van der Waals surface area contributed by atoms with E-state index in [1.807, 2.05) is 26.0 Å². The molecule has 1 aliphatic rings. The van der Waals surface area contributed by atoms with Crippen LogP contribution < -0.4 is 10.1 Å². The number of methoxy groups -OCH3 is 1. The van der Waals surface area contributed by atoms with Gasteiger partial charge in [-0.25, -0.2) is 9.69 Å². The van der Waals surface area contributed by atoms with E-state index in [2.05, 4.69) is 5.32 Å². The van der Waals surface area contributed by atoms with Crippen LogP contribution in [0.3, 0.4) is 0 Å². The Labute approximate surface area is 123 Å². The summed E-state index contributed by atoms with van der Waals surface area (Å²) in [5.41, 5.74) is 0.469. The first-order chi connectivity index (χ1) is 10.00. The van der Waals surface area contributed by atoms with Gasteiger partial charge in [0, 0.05) is 0 Å². The minimum Gasteiger partial charge on any atom is -0.496 e. The number of carbonyl (C=O) groups excluding carboxylic acids is 2. The molecule has 110 valence electrons. The van der Waals surface area contributed by atoms with E-state index in [1.54, 1.807) is 19.2 Å². The van der Waals surface area contributed by atoms with E-state index < -0.39 is 11.6 Å². The first-order valence-electron chi connectivity index (χ1n) is 6.66. The quantitative estimate of drug-likeness (QED) is 0.674. The normalized spacial score (nSPS) is 21.1. The van der Waals surface area contributed by atoms with Crippen LogP contribution in [0, 0.1) is 18.3 Å². The first-order valence-corrected chi connectivity index (χ1v) is 6.66. The van der Waals surface area contributed by atoms with Crippen LogP contribution in [0.25, 0.3) is 0 Å². The first kappa shape index (κ1) is 14.9. The van der Waals surface area contributed by atoms with Crippen molar-refractivity contribution < 1.29 is 14.3 Å². The number of imide groups is 1. The molecule has 0 spiro atoms. The van der Waals surface area contributed by atoms with Crippen LogP contribution in [0.5, 0.6) is 5.75 Å². The van der Waals surface area contributed by atoms with Gasteiger partial charge in [0.1, 0.15) is 17.8 Å². The molecule has 1 aromatic rings. The van der Waals surface area contributed by atoms with Crippen LogP contribution in [0.15, 0.2) is 18.2 Å². The van der Waals surface area contributed by atoms with E-state index in [0.717, 1.165) is 16.2 Å². The molecule has 6 heteroatoms. The Morgan fingerprint density at radius 2 is 2.14 bits per heavy atom. The lowest BCUT2D eigenvalue weighted by atomic mass is 9.86. The maximum absolute atomic E-state index is 12.6. The second-order valence-electron chi connectivity index (χ2n) is 4.92. The molecule has 1 aromatic carbocycles. The average Bonchev–Trinajstić information content (AvgIpc) is 2.72. The van der Waals surface area contributed by atoms with Crippen LogP contribution in [0.1, 0.15) is 24.5 Å². The van der Waals surface area contributed by atoms with Crippen LogP contribution in [0.2, 0.25) is 0 Å². The zero-order chi connectivity index (χ0) is 15.6. The van der Waals surface area contributed by atoms with Crippen molar-refractivity contribution >= 4 is 11.9 Å². The molecule has 0 aliphatic carbocycles. The van der Waals surface area contributed by atoms with Gasteiger partial charge in [-0.15, -0.1) is 0 Å². The topological polar surface area (TPSA) is 82.4 Å². The lowest BCUT2D eigenvalue weighted by molar-refractivity contribution is -0.131. The van der Waals surface area contributed by atoms with Gasteiger partial charge in [0.2, 0.25) is 0 Å². The minimum absolute atomic E-state index is 0.248. The number of aryl methyl sites for hydroxylation is 1. The molecule has 3 amide bonds. The van der Waals surface area contributed by atoms with Gasteiger partial charge in [-0.2, -0.15) is 5.26 Å². The molecular formula is C15H17N3O3. The molecule has 2 rings (SSSR count). The molecular weight excluding hydrogens is 270 g/mol. The van der Waals surface area contributed by atoms with Crippen molar-refractivity contribution in [3.05, 3.63) is 29.3 Å². The van der Waals surface area contributed by atoms with Gasteiger partial charge in [0.25, 0.3) is 5.91 Å². The Balaban J connectivity index is 2.48. The number of nitrogens with zero attached hydrogens (tertiary/aromatic N) is 2. The molecule has 0 radical (unpaired) electrons. The van der Waals surface area contributed by atoms with E-state index in [0.29, 0.717) is 12.0 Å². The molecule has 1 atom stereocenters. The van der Waals surface area contributed by atoms with Crippen LogP contribution in [0.4, 0.5) is 4.79 Å². The molecule has 1 fully saturated rings. The number of ether oxygens (including phenoxy) is 1. The van der Waals surface area contributed by atoms with E-state index in [1.165, 1.54) is 0 Å². The van der Waals surface area contributed by atoms with Gasteiger partial charge in [-0.3, -0.25) is 4.79 Å². The van der Waals surface area contributed by atoms with Crippen molar-refractivity contribution in [2.45, 2.75) is 25.8 Å². The number of benzene rings is 1.